The molecule has 1 N–H and O–H groups in total. The first-order chi connectivity index (χ1) is 14.8. The Morgan fingerprint density at radius 2 is 1.77 bits per heavy atom. The van der Waals surface area contributed by atoms with Gasteiger partial charge in [-0.15, -0.1) is 0 Å². The second-order valence-corrected chi connectivity index (χ2v) is 7.63. The molecule has 1 amide bonds. The van der Waals surface area contributed by atoms with Crippen molar-refractivity contribution in [2.75, 3.05) is 12.0 Å². The Bertz CT molecular complexity index is 1210. The Morgan fingerprint density at radius 3 is 2.39 bits per heavy atom. The summed E-state index contributed by atoms with van der Waals surface area (Å²) in [6, 6.07) is 13.2. The lowest BCUT2D eigenvalue weighted by molar-refractivity contribution is -0.132. The number of hydrogen-bond donors (Lipinski definition) is 1. The topological polar surface area (TPSA) is 80.0 Å². The highest BCUT2D eigenvalue weighted by atomic mass is 16.5. The molecular formula is C25H23NO5. The number of furan rings is 1. The summed E-state index contributed by atoms with van der Waals surface area (Å²) in [5, 5.41) is 11.2. The number of amides is 1. The fourth-order valence-corrected chi connectivity index (χ4v) is 3.86. The van der Waals surface area contributed by atoms with Crippen molar-refractivity contribution >= 4 is 23.1 Å². The second kappa shape index (κ2) is 7.80. The van der Waals surface area contributed by atoms with E-state index >= 15 is 0 Å². The van der Waals surface area contributed by atoms with E-state index in [2.05, 4.69) is 0 Å². The fourth-order valence-electron chi connectivity index (χ4n) is 3.86. The summed E-state index contributed by atoms with van der Waals surface area (Å²) in [4.78, 5) is 27.6. The highest BCUT2D eigenvalue weighted by Crippen LogP contribution is 2.43. The number of aliphatic hydroxyl groups excluding tert-OH is 1. The minimum atomic E-state index is -0.876. The number of benzene rings is 2. The number of ether oxygens (including phenoxy) is 1. The molecule has 1 aliphatic rings. The molecule has 1 aromatic heterocycles. The zero-order valence-electron chi connectivity index (χ0n) is 17.8. The van der Waals surface area contributed by atoms with Gasteiger partial charge >= 0.3 is 0 Å². The van der Waals surface area contributed by atoms with Gasteiger partial charge in [0.15, 0.2) is 0 Å². The smallest absolute Gasteiger partial charge is 0.300 e. The Kier molecular flexibility index (Phi) is 5.15. The van der Waals surface area contributed by atoms with Gasteiger partial charge in [-0.25, -0.2) is 0 Å². The predicted octanol–water partition coefficient (Wildman–Crippen LogP) is 4.84. The van der Waals surface area contributed by atoms with Crippen LogP contribution in [0.25, 0.3) is 5.76 Å². The maximum absolute atomic E-state index is 13.1. The van der Waals surface area contributed by atoms with Gasteiger partial charge in [-0.1, -0.05) is 6.07 Å². The average molecular weight is 417 g/mol. The average Bonchev–Trinajstić information content (AvgIpc) is 3.37. The zero-order valence-corrected chi connectivity index (χ0v) is 17.8. The Balaban J connectivity index is 1.93. The molecule has 31 heavy (non-hydrogen) atoms. The van der Waals surface area contributed by atoms with Crippen molar-refractivity contribution in [3.63, 3.8) is 0 Å². The number of methoxy groups -OCH3 is 1. The molecule has 4 rings (SSSR count). The van der Waals surface area contributed by atoms with Crippen LogP contribution in [-0.2, 0) is 9.59 Å². The van der Waals surface area contributed by atoms with Crippen LogP contribution in [0.1, 0.15) is 34.1 Å². The number of rotatable bonds is 4. The van der Waals surface area contributed by atoms with E-state index in [0.717, 1.165) is 11.1 Å². The highest BCUT2D eigenvalue weighted by molar-refractivity contribution is 6.51. The Labute approximate surface area is 180 Å². The third-order valence-corrected chi connectivity index (χ3v) is 5.71. The van der Waals surface area contributed by atoms with Crippen LogP contribution in [-0.4, -0.2) is 23.9 Å². The molecule has 0 spiro atoms. The number of carbonyl (C=O) groups excluding carboxylic acids is 2. The summed E-state index contributed by atoms with van der Waals surface area (Å²) in [7, 11) is 1.56. The number of hydrogen-bond acceptors (Lipinski definition) is 5. The van der Waals surface area contributed by atoms with Gasteiger partial charge in [-0.2, -0.15) is 0 Å². The normalized spacial score (nSPS) is 17.9. The van der Waals surface area contributed by atoms with Gasteiger partial charge < -0.3 is 14.3 Å². The lowest BCUT2D eigenvalue weighted by Crippen LogP contribution is -2.29. The molecule has 2 heterocycles. The number of ketones is 1. The number of aliphatic hydroxyl groups is 1. The molecule has 0 bridgehead atoms. The van der Waals surface area contributed by atoms with Crippen LogP contribution in [0.15, 0.2) is 64.8 Å². The molecule has 1 atom stereocenters. The quantitative estimate of drug-likeness (QED) is 0.373. The minimum absolute atomic E-state index is 0.00792. The first-order valence-electron chi connectivity index (χ1n) is 9.90. The number of nitrogens with zero attached hydrogens (tertiary/aromatic N) is 1. The summed E-state index contributed by atoms with van der Waals surface area (Å²) >= 11 is 0. The van der Waals surface area contributed by atoms with Crippen molar-refractivity contribution in [1.82, 2.24) is 0 Å². The predicted molar refractivity (Wildman–Crippen MR) is 117 cm³/mol. The lowest BCUT2D eigenvalue weighted by Gasteiger charge is -2.24. The van der Waals surface area contributed by atoms with Crippen LogP contribution in [0.4, 0.5) is 5.69 Å². The minimum Gasteiger partial charge on any atom is -0.507 e. The number of aryl methyl sites for hydroxylation is 3. The van der Waals surface area contributed by atoms with E-state index in [1.165, 1.54) is 11.2 Å². The molecule has 1 unspecified atom stereocenters. The summed E-state index contributed by atoms with van der Waals surface area (Å²) < 4.78 is 10.8. The molecule has 0 radical (unpaired) electrons. The van der Waals surface area contributed by atoms with E-state index in [0.29, 0.717) is 28.3 Å². The summed E-state index contributed by atoms with van der Waals surface area (Å²) in [6.07, 6.45) is 1.48. The Hall–Kier alpha value is -3.80. The van der Waals surface area contributed by atoms with E-state index in [1.54, 1.807) is 50.4 Å². The van der Waals surface area contributed by atoms with Crippen molar-refractivity contribution in [2.45, 2.75) is 26.8 Å². The van der Waals surface area contributed by atoms with Crippen molar-refractivity contribution in [3.8, 4) is 5.75 Å². The monoisotopic (exact) mass is 417 g/mol. The molecule has 0 saturated carbocycles. The molecular weight excluding hydrogens is 394 g/mol. The second-order valence-electron chi connectivity index (χ2n) is 7.63. The largest absolute Gasteiger partial charge is 0.507 e. The summed E-state index contributed by atoms with van der Waals surface area (Å²) in [5.74, 6) is -0.687. The van der Waals surface area contributed by atoms with Crippen molar-refractivity contribution in [2.24, 2.45) is 0 Å². The standard InChI is InChI=1S/C25H23NO5/c1-14-7-8-17(12-15(14)2)26-22(20-6-5-11-31-20)21(24(28)25(26)29)23(27)19-10-9-18(30-4)13-16(19)3/h5-13,22,27H,1-4H3/b23-21-. The molecule has 3 aromatic rings. The van der Waals surface area contributed by atoms with Crippen LogP contribution in [0.2, 0.25) is 0 Å². The summed E-state index contributed by atoms with van der Waals surface area (Å²) in [6.45, 7) is 5.72. The van der Waals surface area contributed by atoms with Gasteiger partial charge in [-0.3, -0.25) is 14.5 Å². The van der Waals surface area contributed by atoms with Gasteiger partial charge in [0.1, 0.15) is 23.3 Å². The lowest BCUT2D eigenvalue weighted by atomic mass is 9.96. The Morgan fingerprint density at radius 1 is 1.00 bits per heavy atom. The zero-order chi connectivity index (χ0) is 22.3. The first-order valence-corrected chi connectivity index (χ1v) is 9.90. The number of Topliss-reactive ketones (excluding diaryl/α,β-unsaturated/α-hetero) is 1. The molecule has 1 saturated heterocycles. The van der Waals surface area contributed by atoms with E-state index in [-0.39, 0.29) is 11.3 Å². The van der Waals surface area contributed by atoms with Crippen LogP contribution in [0.3, 0.4) is 0 Å². The van der Waals surface area contributed by atoms with Crippen LogP contribution >= 0.6 is 0 Å². The molecule has 6 heteroatoms. The van der Waals surface area contributed by atoms with Crippen molar-refractivity contribution < 1.29 is 23.8 Å². The van der Waals surface area contributed by atoms with Crippen LogP contribution in [0, 0.1) is 20.8 Å². The molecule has 2 aromatic carbocycles. The van der Waals surface area contributed by atoms with Gasteiger partial charge in [-0.05, 0) is 79.9 Å². The molecule has 6 nitrogen and oxygen atoms in total. The van der Waals surface area contributed by atoms with E-state index in [1.807, 2.05) is 26.0 Å². The third-order valence-electron chi connectivity index (χ3n) is 5.71. The number of carbonyl (C=O) groups is 2. The maximum atomic E-state index is 13.1. The molecule has 0 aliphatic carbocycles. The van der Waals surface area contributed by atoms with E-state index in [4.69, 9.17) is 9.15 Å². The molecule has 158 valence electrons. The van der Waals surface area contributed by atoms with Gasteiger partial charge in [0, 0.05) is 11.3 Å². The highest BCUT2D eigenvalue weighted by Gasteiger charge is 2.48. The van der Waals surface area contributed by atoms with Crippen molar-refractivity contribution in [3.05, 3.63) is 88.4 Å². The third kappa shape index (κ3) is 3.40. The van der Waals surface area contributed by atoms with Crippen LogP contribution < -0.4 is 9.64 Å². The fraction of sp³-hybridized carbons (Fsp3) is 0.200. The van der Waals surface area contributed by atoms with Gasteiger partial charge in [0.25, 0.3) is 11.7 Å². The van der Waals surface area contributed by atoms with Gasteiger partial charge in [0.2, 0.25) is 0 Å². The van der Waals surface area contributed by atoms with E-state index in [9.17, 15) is 14.7 Å². The SMILES string of the molecule is COc1ccc(/C(O)=C2/C(=O)C(=O)N(c3ccc(C)c(C)c3)C2c2ccco2)c(C)c1. The molecule has 1 fully saturated rings. The first kappa shape index (κ1) is 20.5. The maximum Gasteiger partial charge on any atom is 0.300 e. The van der Waals surface area contributed by atoms with Gasteiger partial charge in [0.05, 0.1) is 18.9 Å². The number of anilines is 1. The molecule has 1 aliphatic heterocycles. The van der Waals surface area contributed by atoms with E-state index < -0.39 is 17.7 Å². The van der Waals surface area contributed by atoms with Crippen molar-refractivity contribution in [1.29, 1.82) is 0 Å². The van der Waals surface area contributed by atoms with Crippen LogP contribution in [0.5, 0.6) is 5.75 Å². The summed E-state index contributed by atoms with van der Waals surface area (Å²) in [5.41, 5.74) is 3.79.